The Bertz CT molecular complexity index is 1260. The Balaban J connectivity index is 1.70. The first-order valence-electron chi connectivity index (χ1n) is 9.62. The second-order valence-corrected chi connectivity index (χ2v) is 7.15. The van der Waals surface area contributed by atoms with E-state index >= 15 is 0 Å². The molecular weight excluding hydrogens is 382 g/mol. The molecule has 0 spiro atoms. The second-order valence-electron chi connectivity index (χ2n) is 7.15. The van der Waals surface area contributed by atoms with E-state index in [0.29, 0.717) is 35.5 Å². The molecular formula is C23H21N3O4. The van der Waals surface area contributed by atoms with Crippen LogP contribution in [0.1, 0.15) is 40.2 Å². The average molecular weight is 403 g/mol. The molecule has 7 heteroatoms. The number of rotatable bonds is 4. The van der Waals surface area contributed by atoms with Crippen LogP contribution in [0.25, 0.3) is 16.5 Å². The first-order valence-corrected chi connectivity index (χ1v) is 9.62. The molecule has 0 aliphatic carbocycles. The maximum Gasteiger partial charge on any atom is 0.335 e. The number of aromatic amines is 1. The number of hydrogen-bond acceptors (Lipinski definition) is 5. The lowest BCUT2D eigenvalue weighted by Gasteiger charge is -2.25. The molecule has 2 aromatic carbocycles. The van der Waals surface area contributed by atoms with Crippen molar-refractivity contribution in [3.8, 4) is 5.75 Å². The van der Waals surface area contributed by atoms with Crippen molar-refractivity contribution < 1.29 is 14.6 Å². The lowest BCUT2D eigenvalue weighted by atomic mass is 9.94. The van der Waals surface area contributed by atoms with Crippen molar-refractivity contribution in [1.29, 1.82) is 0 Å². The van der Waals surface area contributed by atoms with Gasteiger partial charge in [0, 0.05) is 13.3 Å². The normalized spacial score (nSPS) is 16.5. The van der Waals surface area contributed by atoms with E-state index in [2.05, 4.69) is 15.0 Å². The highest BCUT2D eigenvalue weighted by atomic mass is 16.5. The Labute approximate surface area is 172 Å². The Hall–Kier alpha value is -3.74. The first kappa shape index (κ1) is 19.6. The van der Waals surface area contributed by atoms with E-state index in [4.69, 9.17) is 4.74 Å². The molecule has 7 nitrogen and oxygen atoms in total. The van der Waals surface area contributed by atoms with Gasteiger partial charge in [-0.15, -0.1) is 0 Å². The summed E-state index contributed by atoms with van der Waals surface area (Å²) in [5.74, 6) is 0.0479. The number of allylic oxidation sites excluding steroid dienone is 2. The van der Waals surface area contributed by atoms with Gasteiger partial charge < -0.3 is 14.8 Å². The van der Waals surface area contributed by atoms with Gasteiger partial charge in [0.1, 0.15) is 11.6 Å². The number of hydrogen-bond donors (Lipinski definition) is 2. The highest BCUT2D eigenvalue weighted by Gasteiger charge is 2.25. The number of carboxylic acid groups (broad SMARTS) is 1. The van der Waals surface area contributed by atoms with Crippen LogP contribution in [0.15, 0.2) is 52.3 Å². The Morgan fingerprint density at radius 2 is 2.07 bits per heavy atom. The molecule has 0 saturated carbocycles. The summed E-state index contributed by atoms with van der Waals surface area (Å²) in [7, 11) is 1.70. The molecule has 2 heterocycles. The molecule has 1 aliphatic heterocycles. The summed E-state index contributed by atoms with van der Waals surface area (Å²) in [5, 5.41) is 9.73. The molecule has 1 aromatic heterocycles. The minimum Gasteiger partial charge on any atom is -0.493 e. The molecule has 0 bridgehead atoms. The number of aromatic nitrogens is 2. The third-order valence-corrected chi connectivity index (χ3v) is 5.24. The lowest BCUT2D eigenvalue weighted by Crippen LogP contribution is -2.24. The van der Waals surface area contributed by atoms with Crippen molar-refractivity contribution in [1.82, 2.24) is 9.97 Å². The van der Waals surface area contributed by atoms with Gasteiger partial charge in [-0.2, -0.15) is 0 Å². The first-order chi connectivity index (χ1) is 14.5. The summed E-state index contributed by atoms with van der Waals surface area (Å²) in [6.45, 7) is 2.28. The Kier molecular flexibility index (Phi) is 5.18. The molecule has 152 valence electrons. The van der Waals surface area contributed by atoms with Crippen LogP contribution >= 0.6 is 0 Å². The third-order valence-electron chi connectivity index (χ3n) is 5.24. The minimum absolute atomic E-state index is 0.170. The van der Waals surface area contributed by atoms with Crippen molar-refractivity contribution in [2.24, 2.45) is 4.99 Å². The van der Waals surface area contributed by atoms with Crippen LogP contribution in [0.4, 0.5) is 0 Å². The van der Waals surface area contributed by atoms with E-state index in [1.54, 1.807) is 25.4 Å². The van der Waals surface area contributed by atoms with Crippen molar-refractivity contribution in [2.45, 2.75) is 19.3 Å². The van der Waals surface area contributed by atoms with Crippen LogP contribution in [0.5, 0.6) is 5.75 Å². The second kappa shape index (κ2) is 7.94. The monoisotopic (exact) mass is 403 g/mol. The summed E-state index contributed by atoms with van der Waals surface area (Å²) >= 11 is 0. The van der Waals surface area contributed by atoms with E-state index in [0.717, 1.165) is 16.7 Å². The molecule has 0 saturated heterocycles. The Morgan fingerprint density at radius 3 is 2.80 bits per heavy atom. The number of nitrogens with one attached hydrogen (secondary N) is 1. The highest BCUT2D eigenvalue weighted by molar-refractivity contribution is 6.10. The zero-order chi connectivity index (χ0) is 21.3. The van der Waals surface area contributed by atoms with Gasteiger partial charge in [-0.1, -0.05) is 12.1 Å². The summed E-state index contributed by atoms with van der Waals surface area (Å²) in [4.78, 5) is 35.6. The van der Waals surface area contributed by atoms with Crippen LogP contribution in [-0.2, 0) is 6.42 Å². The number of ether oxygens (including phenoxy) is 1. The van der Waals surface area contributed by atoms with Gasteiger partial charge in [-0.05, 0) is 60.4 Å². The number of carboxylic acids is 1. The number of carbonyl (C=O) groups is 1. The quantitative estimate of drug-likeness (QED) is 0.649. The molecule has 2 N–H and O–H groups in total. The van der Waals surface area contributed by atoms with Gasteiger partial charge in [0.25, 0.3) is 5.56 Å². The van der Waals surface area contributed by atoms with Gasteiger partial charge in [0.05, 0.1) is 29.0 Å². The van der Waals surface area contributed by atoms with Crippen molar-refractivity contribution in [3.63, 3.8) is 0 Å². The summed E-state index contributed by atoms with van der Waals surface area (Å²) < 4.78 is 5.79. The summed E-state index contributed by atoms with van der Waals surface area (Å²) in [6.07, 6.45) is 4.23. The maximum atomic E-state index is 12.8. The minimum atomic E-state index is -0.985. The van der Waals surface area contributed by atoms with Crippen LogP contribution in [0, 0.1) is 0 Å². The highest BCUT2D eigenvalue weighted by Crippen LogP contribution is 2.32. The van der Waals surface area contributed by atoms with Crippen molar-refractivity contribution >= 4 is 28.7 Å². The smallest absolute Gasteiger partial charge is 0.335 e. The fourth-order valence-corrected chi connectivity index (χ4v) is 3.69. The number of nitrogens with zero attached hydrogens (tertiary/aromatic N) is 2. The molecule has 0 fully saturated rings. The van der Waals surface area contributed by atoms with Gasteiger partial charge in [-0.3, -0.25) is 9.79 Å². The number of aromatic carboxylic acids is 1. The molecule has 1 atom stereocenters. The van der Waals surface area contributed by atoms with Crippen molar-refractivity contribution in [3.05, 3.63) is 75.3 Å². The van der Waals surface area contributed by atoms with Crippen LogP contribution < -0.4 is 10.3 Å². The number of fused-ring (bicyclic) bond motifs is 2. The topological polar surface area (TPSA) is 105 Å². The van der Waals surface area contributed by atoms with Crippen LogP contribution in [-0.4, -0.2) is 40.9 Å². The predicted molar refractivity (Wildman–Crippen MR) is 116 cm³/mol. The number of aliphatic imine (C=N–C) groups is 1. The Morgan fingerprint density at radius 1 is 1.27 bits per heavy atom. The maximum absolute atomic E-state index is 12.8. The average Bonchev–Trinajstić information content (AvgIpc) is 2.76. The molecule has 30 heavy (non-hydrogen) atoms. The SMILES string of the molecule is C/C=C(\C=NC)c1ccc2nc(C3COc4ccc(C(=O)O)cc4C3)[nH]c(=O)c2c1. The summed E-state index contributed by atoms with van der Waals surface area (Å²) in [6, 6.07) is 10.4. The van der Waals surface area contributed by atoms with E-state index in [-0.39, 0.29) is 17.0 Å². The number of H-pyrrole nitrogens is 1. The van der Waals surface area contributed by atoms with Crippen LogP contribution in [0.3, 0.4) is 0 Å². The fourth-order valence-electron chi connectivity index (χ4n) is 3.69. The molecule has 0 amide bonds. The molecule has 3 aromatic rings. The largest absolute Gasteiger partial charge is 0.493 e. The summed E-state index contributed by atoms with van der Waals surface area (Å²) in [5.41, 5.74) is 3.21. The molecule has 1 unspecified atom stereocenters. The zero-order valence-corrected chi connectivity index (χ0v) is 16.7. The third kappa shape index (κ3) is 3.61. The fraction of sp³-hybridized carbons (Fsp3) is 0.217. The van der Waals surface area contributed by atoms with E-state index in [1.165, 1.54) is 6.07 Å². The van der Waals surface area contributed by atoms with Crippen LogP contribution in [0.2, 0.25) is 0 Å². The van der Waals surface area contributed by atoms with Gasteiger partial charge in [0.2, 0.25) is 0 Å². The number of benzene rings is 2. The van der Waals surface area contributed by atoms with Gasteiger partial charge in [-0.25, -0.2) is 9.78 Å². The molecule has 0 radical (unpaired) electrons. The van der Waals surface area contributed by atoms with E-state index in [9.17, 15) is 14.7 Å². The molecule has 4 rings (SSSR count). The standard InChI is InChI=1S/C23H21N3O4/c1-3-13(11-24-2)14-4-6-19-18(10-14)22(27)26-21(25-19)17-9-16-8-15(23(28)29)5-7-20(16)30-12-17/h3-8,10-11,17H,9,12H2,1-2H3,(H,28,29)(H,25,26,27)/b13-3+,24-11?. The van der Waals surface area contributed by atoms with Crippen molar-refractivity contribution in [2.75, 3.05) is 13.7 Å². The van der Waals surface area contributed by atoms with E-state index in [1.807, 2.05) is 31.2 Å². The van der Waals surface area contributed by atoms with E-state index < -0.39 is 5.97 Å². The predicted octanol–water partition coefficient (Wildman–Crippen LogP) is 3.44. The lowest BCUT2D eigenvalue weighted by molar-refractivity contribution is 0.0696. The zero-order valence-electron chi connectivity index (χ0n) is 16.7. The van der Waals surface area contributed by atoms with Gasteiger partial charge >= 0.3 is 5.97 Å². The van der Waals surface area contributed by atoms with Gasteiger partial charge in [0.15, 0.2) is 0 Å². The molecule has 1 aliphatic rings.